The standard InChI is InChI=1S/C12H12ClNO3/c13-9-5-2-1-4-8(9)11(15)14-7-3-6-10(14)12(16)17/h1-2,4-5,10H,3,6-7H2,(H,16,17). The van der Waals surface area contributed by atoms with Gasteiger partial charge in [0.05, 0.1) is 10.6 Å². The van der Waals surface area contributed by atoms with Crippen molar-refractivity contribution in [2.75, 3.05) is 6.54 Å². The summed E-state index contributed by atoms with van der Waals surface area (Å²) >= 11 is 5.93. The number of carboxylic acids is 1. The van der Waals surface area contributed by atoms with Crippen LogP contribution in [0.5, 0.6) is 0 Å². The molecule has 90 valence electrons. The Balaban J connectivity index is 2.26. The van der Waals surface area contributed by atoms with Gasteiger partial charge in [0.25, 0.3) is 5.91 Å². The van der Waals surface area contributed by atoms with Crippen molar-refractivity contribution in [3.05, 3.63) is 34.9 Å². The van der Waals surface area contributed by atoms with Crippen molar-refractivity contribution in [1.82, 2.24) is 4.90 Å². The number of hydrogen-bond donors (Lipinski definition) is 1. The fraction of sp³-hybridized carbons (Fsp3) is 0.333. The first kappa shape index (κ1) is 11.9. The van der Waals surface area contributed by atoms with Crippen LogP contribution in [-0.2, 0) is 4.79 Å². The number of carbonyl (C=O) groups is 2. The summed E-state index contributed by atoms with van der Waals surface area (Å²) in [5.41, 5.74) is 0.363. The van der Waals surface area contributed by atoms with E-state index < -0.39 is 12.0 Å². The van der Waals surface area contributed by atoms with Gasteiger partial charge < -0.3 is 10.0 Å². The van der Waals surface area contributed by atoms with Gasteiger partial charge in [-0.05, 0) is 25.0 Å². The zero-order valence-corrected chi connectivity index (χ0v) is 9.85. The molecule has 1 aromatic rings. The molecular formula is C12H12ClNO3. The van der Waals surface area contributed by atoms with E-state index >= 15 is 0 Å². The van der Waals surface area contributed by atoms with E-state index in [-0.39, 0.29) is 5.91 Å². The smallest absolute Gasteiger partial charge is 0.326 e. The molecule has 1 fully saturated rings. The minimum Gasteiger partial charge on any atom is -0.480 e. The van der Waals surface area contributed by atoms with Crippen LogP contribution in [0.15, 0.2) is 24.3 Å². The van der Waals surface area contributed by atoms with E-state index in [9.17, 15) is 9.59 Å². The van der Waals surface area contributed by atoms with Crippen LogP contribution in [0.3, 0.4) is 0 Å². The van der Waals surface area contributed by atoms with Crippen LogP contribution in [0.25, 0.3) is 0 Å². The van der Waals surface area contributed by atoms with Crippen molar-refractivity contribution in [2.45, 2.75) is 18.9 Å². The number of likely N-dealkylation sites (tertiary alicyclic amines) is 1. The predicted molar refractivity (Wildman–Crippen MR) is 63.1 cm³/mol. The van der Waals surface area contributed by atoms with Crippen LogP contribution in [-0.4, -0.2) is 34.5 Å². The molecule has 1 aromatic carbocycles. The van der Waals surface area contributed by atoms with Crippen molar-refractivity contribution in [3.63, 3.8) is 0 Å². The molecule has 0 radical (unpaired) electrons. The van der Waals surface area contributed by atoms with Crippen molar-refractivity contribution in [1.29, 1.82) is 0 Å². The van der Waals surface area contributed by atoms with Gasteiger partial charge in [-0.1, -0.05) is 23.7 Å². The maximum atomic E-state index is 12.2. The molecule has 0 spiro atoms. The van der Waals surface area contributed by atoms with Crippen molar-refractivity contribution in [3.8, 4) is 0 Å². The van der Waals surface area contributed by atoms with Gasteiger partial charge >= 0.3 is 5.97 Å². The maximum absolute atomic E-state index is 12.2. The minimum atomic E-state index is -0.956. The van der Waals surface area contributed by atoms with Crippen molar-refractivity contribution in [2.24, 2.45) is 0 Å². The lowest BCUT2D eigenvalue weighted by Crippen LogP contribution is -2.40. The molecule has 1 aliphatic heterocycles. The molecule has 1 N–H and O–H groups in total. The number of nitrogens with zero attached hydrogens (tertiary/aromatic N) is 1. The zero-order chi connectivity index (χ0) is 12.4. The summed E-state index contributed by atoms with van der Waals surface area (Å²) in [7, 11) is 0. The average Bonchev–Trinajstić information content (AvgIpc) is 2.77. The van der Waals surface area contributed by atoms with Gasteiger partial charge in [-0.15, -0.1) is 0 Å². The number of halogens is 1. The number of aliphatic carboxylic acids is 1. The molecule has 1 aliphatic rings. The molecule has 0 saturated carbocycles. The van der Waals surface area contributed by atoms with E-state index in [1.165, 1.54) is 4.90 Å². The lowest BCUT2D eigenvalue weighted by atomic mass is 10.1. The molecule has 2 rings (SSSR count). The molecule has 17 heavy (non-hydrogen) atoms. The normalized spacial score (nSPS) is 19.4. The highest BCUT2D eigenvalue weighted by Crippen LogP contribution is 2.23. The highest BCUT2D eigenvalue weighted by molar-refractivity contribution is 6.33. The van der Waals surface area contributed by atoms with Crippen LogP contribution >= 0.6 is 11.6 Å². The summed E-state index contributed by atoms with van der Waals surface area (Å²) in [6, 6.07) is 5.96. The third-order valence-corrected chi connectivity index (χ3v) is 3.23. The number of benzene rings is 1. The van der Waals surface area contributed by atoms with Crippen LogP contribution in [0.4, 0.5) is 0 Å². The minimum absolute atomic E-state index is 0.305. The molecular weight excluding hydrogens is 242 g/mol. The first-order chi connectivity index (χ1) is 8.11. The van der Waals surface area contributed by atoms with Gasteiger partial charge in [-0.3, -0.25) is 4.79 Å². The lowest BCUT2D eigenvalue weighted by molar-refractivity contribution is -0.141. The molecule has 4 nitrogen and oxygen atoms in total. The summed E-state index contributed by atoms with van der Waals surface area (Å²) in [5.74, 6) is -1.26. The van der Waals surface area contributed by atoms with E-state index in [1.807, 2.05) is 0 Å². The Morgan fingerprint density at radius 3 is 2.71 bits per heavy atom. The topological polar surface area (TPSA) is 57.6 Å². The molecule has 1 unspecified atom stereocenters. The Morgan fingerprint density at radius 1 is 1.35 bits per heavy atom. The second-order valence-corrected chi connectivity index (χ2v) is 4.38. The van der Waals surface area contributed by atoms with Gasteiger partial charge in [0.1, 0.15) is 6.04 Å². The van der Waals surface area contributed by atoms with Gasteiger partial charge in [0.15, 0.2) is 0 Å². The molecule has 1 heterocycles. The Kier molecular flexibility index (Phi) is 3.33. The summed E-state index contributed by atoms with van der Waals surface area (Å²) < 4.78 is 0. The number of amides is 1. The number of carboxylic acid groups (broad SMARTS) is 1. The van der Waals surface area contributed by atoms with Crippen molar-refractivity contribution >= 4 is 23.5 Å². The van der Waals surface area contributed by atoms with E-state index in [0.29, 0.717) is 30.0 Å². The van der Waals surface area contributed by atoms with Crippen molar-refractivity contribution < 1.29 is 14.7 Å². The van der Waals surface area contributed by atoms with Crippen LogP contribution in [0.1, 0.15) is 23.2 Å². The molecule has 1 saturated heterocycles. The first-order valence-electron chi connectivity index (χ1n) is 5.39. The Labute approximate surface area is 104 Å². The number of carbonyl (C=O) groups excluding carboxylic acids is 1. The fourth-order valence-corrected chi connectivity index (χ4v) is 2.27. The number of rotatable bonds is 2. The quantitative estimate of drug-likeness (QED) is 0.877. The van der Waals surface area contributed by atoms with E-state index in [4.69, 9.17) is 16.7 Å². The van der Waals surface area contributed by atoms with E-state index in [2.05, 4.69) is 0 Å². The summed E-state index contributed by atoms with van der Waals surface area (Å²) in [6.07, 6.45) is 1.22. The largest absolute Gasteiger partial charge is 0.480 e. The Bertz CT molecular complexity index is 461. The molecule has 1 atom stereocenters. The highest BCUT2D eigenvalue weighted by atomic mass is 35.5. The first-order valence-corrected chi connectivity index (χ1v) is 5.77. The van der Waals surface area contributed by atoms with Gasteiger partial charge in [0, 0.05) is 6.54 Å². The van der Waals surface area contributed by atoms with Crippen LogP contribution in [0, 0.1) is 0 Å². The maximum Gasteiger partial charge on any atom is 0.326 e. The van der Waals surface area contributed by atoms with Gasteiger partial charge in [0.2, 0.25) is 0 Å². The molecule has 0 aromatic heterocycles. The zero-order valence-electron chi connectivity index (χ0n) is 9.10. The SMILES string of the molecule is O=C(O)C1CCCN1C(=O)c1ccccc1Cl. The molecule has 1 amide bonds. The lowest BCUT2D eigenvalue weighted by Gasteiger charge is -2.21. The van der Waals surface area contributed by atoms with E-state index in [0.717, 1.165) is 0 Å². The third-order valence-electron chi connectivity index (χ3n) is 2.90. The predicted octanol–water partition coefficient (Wildman–Crippen LogP) is 2.03. The fourth-order valence-electron chi connectivity index (χ4n) is 2.06. The summed E-state index contributed by atoms with van der Waals surface area (Å²) in [6.45, 7) is 0.473. The second-order valence-electron chi connectivity index (χ2n) is 3.97. The van der Waals surface area contributed by atoms with Crippen LogP contribution in [0.2, 0.25) is 5.02 Å². The van der Waals surface area contributed by atoms with Gasteiger partial charge in [-0.25, -0.2) is 4.79 Å². The average molecular weight is 254 g/mol. The molecule has 0 bridgehead atoms. The second kappa shape index (κ2) is 4.75. The van der Waals surface area contributed by atoms with Gasteiger partial charge in [-0.2, -0.15) is 0 Å². The summed E-state index contributed by atoms with van der Waals surface area (Å²) in [5, 5.41) is 9.38. The third kappa shape index (κ3) is 2.26. The summed E-state index contributed by atoms with van der Waals surface area (Å²) in [4.78, 5) is 24.5. The monoisotopic (exact) mass is 253 g/mol. The molecule has 0 aliphatic carbocycles. The van der Waals surface area contributed by atoms with E-state index in [1.54, 1.807) is 24.3 Å². The number of hydrogen-bond acceptors (Lipinski definition) is 2. The van der Waals surface area contributed by atoms with Crippen LogP contribution < -0.4 is 0 Å². The Hall–Kier alpha value is -1.55. The Morgan fingerprint density at radius 2 is 2.06 bits per heavy atom. The molecule has 5 heteroatoms. The highest BCUT2D eigenvalue weighted by Gasteiger charge is 2.34.